The molecule has 9 heteroatoms. The van der Waals surface area contributed by atoms with E-state index in [0.29, 0.717) is 11.8 Å². The molecule has 0 radical (unpaired) electrons. The van der Waals surface area contributed by atoms with E-state index in [2.05, 4.69) is 15.3 Å². The number of ether oxygens (including phenoxy) is 1. The Balaban J connectivity index is 1.95. The van der Waals surface area contributed by atoms with Gasteiger partial charge in [0.25, 0.3) is 0 Å². The molecule has 7 nitrogen and oxygen atoms in total. The molecular weight excluding hydrogens is 358 g/mol. The standard InChI is InChI=1S/C18H14F2N4O3/c1-2-11-3-6-13(7-4-11)27-18-16(24(25)26)17(21-10-22-18)23-15-8-5-12(19)9-14(15)20/h3-10H,2H2,1H3,(H,21,22,23). The molecule has 1 heterocycles. The normalized spacial score (nSPS) is 10.5. The van der Waals surface area contributed by atoms with E-state index in [9.17, 15) is 18.9 Å². The summed E-state index contributed by atoms with van der Waals surface area (Å²) in [5.41, 5.74) is 0.339. The summed E-state index contributed by atoms with van der Waals surface area (Å²) in [6, 6.07) is 9.77. The maximum absolute atomic E-state index is 13.8. The zero-order valence-electron chi connectivity index (χ0n) is 14.1. The number of benzene rings is 2. The van der Waals surface area contributed by atoms with E-state index < -0.39 is 22.2 Å². The molecule has 1 aromatic heterocycles. The number of hydrogen-bond acceptors (Lipinski definition) is 6. The van der Waals surface area contributed by atoms with Crippen molar-refractivity contribution in [3.63, 3.8) is 0 Å². The Morgan fingerprint density at radius 1 is 1.15 bits per heavy atom. The van der Waals surface area contributed by atoms with Crippen molar-refractivity contribution in [1.29, 1.82) is 0 Å². The lowest BCUT2D eigenvalue weighted by molar-refractivity contribution is -0.385. The van der Waals surface area contributed by atoms with Crippen LogP contribution >= 0.6 is 0 Å². The first-order chi connectivity index (χ1) is 13.0. The lowest BCUT2D eigenvalue weighted by Gasteiger charge is -2.10. The summed E-state index contributed by atoms with van der Waals surface area (Å²) in [5, 5.41) is 14.0. The van der Waals surface area contributed by atoms with Crippen LogP contribution in [0.25, 0.3) is 0 Å². The van der Waals surface area contributed by atoms with Crippen LogP contribution in [-0.2, 0) is 6.42 Å². The highest BCUT2D eigenvalue weighted by molar-refractivity contribution is 5.69. The van der Waals surface area contributed by atoms with Crippen molar-refractivity contribution in [3.05, 3.63) is 76.1 Å². The van der Waals surface area contributed by atoms with Gasteiger partial charge in [-0.2, -0.15) is 4.98 Å². The molecule has 0 saturated heterocycles. The van der Waals surface area contributed by atoms with Gasteiger partial charge < -0.3 is 10.1 Å². The molecule has 0 aliphatic carbocycles. The van der Waals surface area contributed by atoms with Crippen molar-refractivity contribution in [2.75, 3.05) is 5.32 Å². The van der Waals surface area contributed by atoms with Crippen molar-refractivity contribution in [2.45, 2.75) is 13.3 Å². The fourth-order valence-corrected chi connectivity index (χ4v) is 2.32. The van der Waals surface area contributed by atoms with Crippen molar-refractivity contribution < 1.29 is 18.4 Å². The third-order valence-corrected chi connectivity index (χ3v) is 3.70. The third-order valence-electron chi connectivity index (χ3n) is 3.70. The number of nitrogens with one attached hydrogen (secondary N) is 1. The Morgan fingerprint density at radius 2 is 1.89 bits per heavy atom. The number of nitro groups is 1. The number of anilines is 2. The molecule has 0 atom stereocenters. The summed E-state index contributed by atoms with van der Waals surface area (Å²) >= 11 is 0. The van der Waals surface area contributed by atoms with Gasteiger partial charge in [0.1, 0.15) is 23.7 Å². The molecule has 0 fully saturated rings. The smallest absolute Gasteiger partial charge is 0.373 e. The first-order valence-corrected chi connectivity index (χ1v) is 7.96. The Morgan fingerprint density at radius 3 is 2.52 bits per heavy atom. The van der Waals surface area contributed by atoms with Crippen molar-refractivity contribution in [2.24, 2.45) is 0 Å². The second-order valence-corrected chi connectivity index (χ2v) is 5.48. The van der Waals surface area contributed by atoms with Crippen LogP contribution in [0.15, 0.2) is 48.8 Å². The van der Waals surface area contributed by atoms with Crippen LogP contribution in [0.5, 0.6) is 11.6 Å². The van der Waals surface area contributed by atoms with Gasteiger partial charge in [0.15, 0.2) is 0 Å². The van der Waals surface area contributed by atoms with Crippen molar-refractivity contribution in [1.82, 2.24) is 9.97 Å². The van der Waals surface area contributed by atoms with Gasteiger partial charge in [0.2, 0.25) is 5.82 Å². The second-order valence-electron chi connectivity index (χ2n) is 5.48. The number of rotatable bonds is 6. The van der Waals surface area contributed by atoms with E-state index >= 15 is 0 Å². The van der Waals surface area contributed by atoms with Crippen molar-refractivity contribution in [3.8, 4) is 11.6 Å². The topological polar surface area (TPSA) is 90.2 Å². The molecule has 27 heavy (non-hydrogen) atoms. The molecule has 0 spiro atoms. The maximum Gasteiger partial charge on any atom is 0.373 e. The van der Waals surface area contributed by atoms with Gasteiger partial charge in [0.05, 0.1) is 10.6 Å². The van der Waals surface area contributed by atoms with Gasteiger partial charge in [-0.15, -0.1) is 0 Å². The van der Waals surface area contributed by atoms with Gasteiger partial charge in [-0.25, -0.2) is 13.8 Å². The lowest BCUT2D eigenvalue weighted by Crippen LogP contribution is -2.04. The molecule has 0 bridgehead atoms. The Labute approximate surface area is 152 Å². The summed E-state index contributed by atoms with van der Waals surface area (Å²) < 4.78 is 32.4. The highest BCUT2D eigenvalue weighted by Gasteiger charge is 2.26. The molecule has 0 unspecified atom stereocenters. The number of hydrogen-bond donors (Lipinski definition) is 1. The van der Waals surface area contributed by atoms with Gasteiger partial charge in [-0.3, -0.25) is 10.1 Å². The fourth-order valence-electron chi connectivity index (χ4n) is 2.32. The average Bonchev–Trinajstić information content (AvgIpc) is 2.64. The molecule has 0 amide bonds. The van der Waals surface area contributed by atoms with Crippen LogP contribution in [0.3, 0.4) is 0 Å². The fraction of sp³-hybridized carbons (Fsp3) is 0.111. The molecule has 0 saturated carbocycles. The average molecular weight is 372 g/mol. The minimum Gasteiger partial charge on any atom is -0.434 e. The number of nitrogens with zero attached hydrogens (tertiary/aromatic N) is 3. The summed E-state index contributed by atoms with van der Waals surface area (Å²) in [4.78, 5) is 18.4. The van der Waals surface area contributed by atoms with Crippen LogP contribution < -0.4 is 10.1 Å². The molecule has 0 aliphatic heterocycles. The molecule has 3 aromatic rings. The lowest BCUT2D eigenvalue weighted by atomic mass is 10.2. The molecule has 1 N–H and O–H groups in total. The summed E-state index contributed by atoms with van der Waals surface area (Å²) in [7, 11) is 0. The number of aromatic nitrogens is 2. The SMILES string of the molecule is CCc1ccc(Oc2ncnc(Nc3ccc(F)cc3F)c2[N+](=O)[O-])cc1. The first kappa shape index (κ1) is 18.2. The molecule has 0 aliphatic rings. The van der Waals surface area contributed by atoms with Crippen LogP contribution in [0.2, 0.25) is 0 Å². The Hall–Kier alpha value is -3.62. The van der Waals surface area contributed by atoms with Gasteiger partial charge in [0, 0.05) is 6.07 Å². The maximum atomic E-state index is 13.8. The van der Waals surface area contributed by atoms with Gasteiger partial charge in [-0.05, 0) is 36.2 Å². The van der Waals surface area contributed by atoms with Crippen molar-refractivity contribution >= 4 is 17.2 Å². The summed E-state index contributed by atoms with van der Waals surface area (Å²) in [6.07, 6.45) is 1.89. The number of aryl methyl sites for hydroxylation is 1. The third kappa shape index (κ3) is 4.14. The van der Waals surface area contributed by atoms with E-state index in [-0.39, 0.29) is 17.4 Å². The molecule has 138 valence electrons. The van der Waals surface area contributed by atoms with Gasteiger partial charge in [-0.1, -0.05) is 19.1 Å². The zero-order chi connectivity index (χ0) is 19.4. The highest BCUT2D eigenvalue weighted by atomic mass is 19.1. The van der Waals surface area contributed by atoms with E-state index in [1.165, 1.54) is 0 Å². The van der Waals surface area contributed by atoms with Crippen LogP contribution in [0.1, 0.15) is 12.5 Å². The minimum atomic E-state index is -0.916. The minimum absolute atomic E-state index is 0.170. The predicted molar refractivity (Wildman–Crippen MR) is 94.2 cm³/mol. The predicted octanol–water partition coefficient (Wildman–Crippen LogP) is 4.76. The van der Waals surface area contributed by atoms with E-state index in [1.54, 1.807) is 12.1 Å². The summed E-state index contributed by atoms with van der Waals surface area (Å²) in [6.45, 7) is 2.00. The summed E-state index contributed by atoms with van der Waals surface area (Å²) in [5.74, 6) is -1.91. The van der Waals surface area contributed by atoms with Crippen LogP contribution in [0.4, 0.5) is 26.0 Å². The molecular formula is C18H14F2N4O3. The molecule has 2 aromatic carbocycles. The molecule has 3 rings (SSSR count). The second kappa shape index (κ2) is 7.73. The van der Waals surface area contributed by atoms with Crippen LogP contribution in [-0.4, -0.2) is 14.9 Å². The van der Waals surface area contributed by atoms with E-state index in [1.807, 2.05) is 19.1 Å². The first-order valence-electron chi connectivity index (χ1n) is 7.96. The number of halogens is 2. The monoisotopic (exact) mass is 372 g/mol. The van der Waals surface area contributed by atoms with E-state index in [0.717, 1.165) is 30.4 Å². The Kier molecular flexibility index (Phi) is 5.20. The van der Waals surface area contributed by atoms with Gasteiger partial charge >= 0.3 is 11.6 Å². The highest BCUT2D eigenvalue weighted by Crippen LogP contribution is 2.35. The quantitative estimate of drug-likeness (QED) is 0.495. The van der Waals surface area contributed by atoms with Crippen LogP contribution in [0, 0.1) is 21.7 Å². The van der Waals surface area contributed by atoms with E-state index in [4.69, 9.17) is 4.74 Å². The zero-order valence-corrected chi connectivity index (χ0v) is 14.1. The Bertz CT molecular complexity index is 981. The largest absolute Gasteiger partial charge is 0.434 e.